The van der Waals surface area contributed by atoms with Crippen LogP contribution >= 0.6 is 0 Å². The van der Waals surface area contributed by atoms with E-state index < -0.39 is 8.56 Å². The van der Waals surface area contributed by atoms with E-state index in [2.05, 4.69) is 26.0 Å². The molecule has 0 aliphatic rings. The summed E-state index contributed by atoms with van der Waals surface area (Å²) < 4.78 is 16.5. The van der Waals surface area contributed by atoms with E-state index >= 15 is 0 Å². The van der Waals surface area contributed by atoms with E-state index in [1.807, 2.05) is 49.5 Å². The highest BCUT2D eigenvalue weighted by Gasteiger charge is 2.26. The smallest absolute Gasteiger partial charge is 0.392 e. The fourth-order valence-electron chi connectivity index (χ4n) is 2.54. The Morgan fingerprint density at radius 2 is 1.32 bits per heavy atom. The topological polar surface area (TPSA) is 44.8 Å². The average molecular weight is 359 g/mol. The molecule has 2 rings (SSSR count). The van der Waals surface area contributed by atoms with Gasteiger partial charge in [-0.2, -0.15) is 0 Å². The minimum absolute atomic E-state index is 0.179. The molecule has 2 aromatic rings. The molecule has 0 unspecified atom stereocenters. The Kier molecular flexibility index (Phi) is 5.70. The molecule has 25 heavy (non-hydrogen) atoms. The molecule has 0 fully saturated rings. The third-order valence-corrected chi connectivity index (χ3v) is 5.98. The highest BCUT2D eigenvalue weighted by Crippen LogP contribution is 2.33. The van der Waals surface area contributed by atoms with Crippen molar-refractivity contribution in [2.24, 2.45) is 0 Å². The summed E-state index contributed by atoms with van der Waals surface area (Å²) in [5.74, 6) is 1.07. The van der Waals surface area contributed by atoms with E-state index in [0.717, 1.165) is 11.3 Å². The maximum atomic E-state index is 11.0. The van der Waals surface area contributed by atoms with E-state index in [4.69, 9.17) is 13.6 Å². The molecule has 0 aliphatic heterocycles. The highest BCUT2D eigenvalue weighted by molar-refractivity contribution is 6.65. The van der Waals surface area contributed by atoms with Crippen molar-refractivity contribution in [3.63, 3.8) is 0 Å². The summed E-state index contributed by atoms with van der Waals surface area (Å²) in [5.41, 5.74) is 2.14. The maximum absolute atomic E-state index is 11.0. The summed E-state index contributed by atoms with van der Waals surface area (Å²) in [5, 5.41) is 0. The number of rotatable bonds is 6. The molecule has 0 heterocycles. The first-order valence-corrected chi connectivity index (χ1v) is 11.1. The monoisotopic (exact) mass is 358 g/mol. The number of hydrogen-bond donors (Lipinski definition) is 0. The van der Waals surface area contributed by atoms with Crippen LogP contribution in [-0.2, 0) is 14.6 Å². The van der Waals surface area contributed by atoms with Gasteiger partial charge in [-0.15, -0.1) is 0 Å². The molecule has 0 bridgehead atoms. The third kappa shape index (κ3) is 4.93. The third-order valence-electron chi connectivity index (χ3n) is 4.27. The van der Waals surface area contributed by atoms with Gasteiger partial charge in [0.05, 0.1) is 0 Å². The molecule has 0 saturated heterocycles. The van der Waals surface area contributed by atoms with Gasteiger partial charge in [0.15, 0.2) is 0 Å². The highest BCUT2D eigenvalue weighted by atomic mass is 28.4. The van der Waals surface area contributed by atoms with Crippen LogP contribution in [0.4, 0.5) is 0 Å². The van der Waals surface area contributed by atoms with Gasteiger partial charge in [0, 0.05) is 19.4 Å². The van der Waals surface area contributed by atoms with Gasteiger partial charge < -0.3 is 13.6 Å². The van der Waals surface area contributed by atoms with Crippen molar-refractivity contribution in [2.75, 3.05) is 7.11 Å². The van der Waals surface area contributed by atoms with Crippen molar-refractivity contribution >= 4 is 14.5 Å². The molecule has 0 aliphatic carbocycles. The van der Waals surface area contributed by atoms with Gasteiger partial charge in [-0.05, 0) is 48.5 Å². The van der Waals surface area contributed by atoms with E-state index in [1.165, 1.54) is 12.5 Å². The molecule has 134 valence electrons. The standard InChI is InChI=1S/C20H26O4Si/c1-15(21)23-18-11-7-16(8-12-18)20(2,3)17-9-13-19(14-10-17)24-25(5,6)22-4/h7-14H,1-6H3. The summed E-state index contributed by atoms with van der Waals surface area (Å²) in [4.78, 5) is 11.0. The van der Waals surface area contributed by atoms with Crippen molar-refractivity contribution in [3.8, 4) is 11.5 Å². The van der Waals surface area contributed by atoms with Crippen LogP contribution in [0.5, 0.6) is 11.5 Å². The van der Waals surface area contributed by atoms with E-state index in [0.29, 0.717) is 5.75 Å². The van der Waals surface area contributed by atoms with Gasteiger partial charge in [-0.25, -0.2) is 0 Å². The summed E-state index contributed by atoms with van der Waals surface area (Å²) in [7, 11) is -0.423. The number of ether oxygens (including phenoxy) is 1. The Hall–Kier alpha value is -2.11. The Morgan fingerprint density at radius 1 is 0.880 bits per heavy atom. The fourth-order valence-corrected chi connectivity index (χ4v) is 3.32. The van der Waals surface area contributed by atoms with Gasteiger partial charge in [-0.1, -0.05) is 38.1 Å². The van der Waals surface area contributed by atoms with Gasteiger partial charge in [0.1, 0.15) is 11.5 Å². The number of carbonyl (C=O) groups is 1. The summed E-state index contributed by atoms with van der Waals surface area (Å²) in [6, 6.07) is 15.7. The average Bonchev–Trinajstić information content (AvgIpc) is 2.55. The quantitative estimate of drug-likeness (QED) is 0.428. The largest absolute Gasteiger partial charge is 0.520 e. The van der Waals surface area contributed by atoms with Crippen molar-refractivity contribution in [2.45, 2.75) is 39.3 Å². The van der Waals surface area contributed by atoms with Crippen LogP contribution in [-0.4, -0.2) is 21.6 Å². The lowest BCUT2D eigenvalue weighted by Gasteiger charge is -2.27. The molecule has 0 spiro atoms. The first-order valence-electron chi connectivity index (χ1n) is 8.28. The summed E-state index contributed by atoms with van der Waals surface area (Å²) >= 11 is 0. The maximum Gasteiger partial charge on any atom is 0.392 e. The van der Waals surface area contributed by atoms with Crippen molar-refractivity contribution in [3.05, 3.63) is 59.7 Å². The van der Waals surface area contributed by atoms with Crippen molar-refractivity contribution < 1.29 is 18.4 Å². The molecule has 0 saturated carbocycles. The molecule has 0 aromatic heterocycles. The normalized spacial score (nSPS) is 11.9. The molecule has 0 amide bonds. The minimum Gasteiger partial charge on any atom is -0.520 e. The molecule has 2 aromatic carbocycles. The molecule has 0 N–H and O–H groups in total. The molecular weight excluding hydrogens is 332 g/mol. The molecule has 0 atom stereocenters. The molecular formula is C20H26O4Si. The number of esters is 1. The van der Waals surface area contributed by atoms with Gasteiger partial charge in [0.25, 0.3) is 0 Å². The Balaban J connectivity index is 2.19. The van der Waals surface area contributed by atoms with Crippen LogP contribution in [0.3, 0.4) is 0 Å². The first kappa shape index (κ1) is 19.2. The van der Waals surface area contributed by atoms with Crippen LogP contribution in [0.1, 0.15) is 31.9 Å². The second kappa shape index (κ2) is 7.41. The van der Waals surface area contributed by atoms with Gasteiger partial charge >= 0.3 is 14.5 Å². The van der Waals surface area contributed by atoms with Crippen molar-refractivity contribution in [1.29, 1.82) is 0 Å². The van der Waals surface area contributed by atoms with Crippen LogP contribution in [0.2, 0.25) is 13.1 Å². The van der Waals surface area contributed by atoms with E-state index in [1.54, 1.807) is 7.11 Å². The number of benzene rings is 2. The molecule has 4 nitrogen and oxygen atoms in total. The first-order chi connectivity index (χ1) is 11.6. The second-order valence-electron chi connectivity index (χ2n) is 6.97. The fraction of sp³-hybridized carbons (Fsp3) is 0.350. The van der Waals surface area contributed by atoms with Crippen LogP contribution in [0, 0.1) is 0 Å². The predicted octanol–water partition coefficient (Wildman–Crippen LogP) is 4.66. The lowest BCUT2D eigenvalue weighted by molar-refractivity contribution is -0.131. The number of carbonyl (C=O) groups excluding carboxylic acids is 1. The Labute approximate surface area is 151 Å². The zero-order valence-electron chi connectivity index (χ0n) is 15.8. The zero-order chi connectivity index (χ0) is 18.7. The minimum atomic E-state index is -2.11. The van der Waals surface area contributed by atoms with Crippen molar-refractivity contribution in [1.82, 2.24) is 0 Å². The lowest BCUT2D eigenvalue weighted by Crippen LogP contribution is -2.36. The number of hydrogen-bond acceptors (Lipinski definition) is 4. The predicted molar refractivity (Wildman–Crippen MR) is 101 cm³/mol. The molecule has 5 heteroatoms. The van der Waals surface area contributed by atoms with E-state index in [-0.39, 0.29) is 11.4 Å². The Morgan fingerprint density at radius 3 is 1.72 bits per heavy atom. The van der Waals surface area contributed by atoms with Crippen LogP contribution < -0.4 is 9.16 Å². The lowest BCUT2D eigenvalue weighted by atomic mass is 9.78. The second-order valence-corrected chi connectivity index (χ2v) is 10.4. The van der Waals surface area contributed by atoms with Crippen LogP contribution in [0.15, 0.2) is 48.5 Å². The molecule has 0 radical (unpaired) electrons. The summed E-state index contributed by atoms with van der Waals surface area (Å²) in [6.45, 7) is 9.75. The SMILES string of the molecule is CO[Si](C)(C)Oc1ccc(C(C)(C)c2ccc(OC(C)=O)cc2)cc1. The Bertz CT molecular complexity index is 718. The van der Waals surface area contributed by atoms with Gasteiger partial charge in [-0.3, -0.25) is 4.79 Å². The van der Waals surface area contributed by atoms with Crippen LogP contribution in [0.25, 0.3) is 0 Å². The van der Waals surface area contributed by atoms with E-state index in [9.17, 15) is 4.79 Å². The zero-order valence-corrected chi connectivity index (χ0v) is 16.8. The van der Waals surface area contributed by atoms with Gasteiger partial charge in [0.2, 0.25) is 0 Å². The summed E-state index contributed by atoms with van der Waals surface area (Å²) in [6.07, 6.45) is 0.